The fourth-order valence-corrected chi connectivity index (χ4v) is 5.64. The number of nitrogens with one attached hydrogen (secondary N) is 2. The number of hydrogen-bond acceptors (Lipinski definition) is 11. The highest BCUT2D eigenvalue weighted by Crippen LogP contribution is 2.41. The third-order valence-electron chi connectivity index (χ3n) is 8.16. The molecule has 3 aromatic rings. The topological polar surface area (TPSA) is 138 Å². The standard InChI is InChI=1S/C29H37ClF2N10O2/c1-16-12-42(13-17(2)40(16)4)21-9-20(31)22(23(32)25(21)39-27-24(33)26(30)37-15-38-27)19-10-35-28(36-11-19)29(43)34-5-6-41-7-8-44-18(3)14-41/h9-11,15-18H,5-8,12-14,33H2,1-4H3,(H,34,43)(H,37,38,39)/t16-,17+,18-/m0/s1. The Kier molecular flexibility index (Phi) is 9.73. The largest absolute Gasteiger partial charge is 0.393 e. The molecule has 0 saturated carbocycles. The molecule has 3 atom stereocenters. The zero-order valence-corrected chi connectivity index (χ0v) is 25.9. The maximum atomic E-state index is 16.4. The highest BCUT2D eigenvalue weighted by molar-refractivity contribution is 6.32. The first-order valence-electron chi connectivity index (χ1n) is 14.5. The lowest BCUT2D eigenvalue weighted by atomic mass is 10.0. The Labute approximate surface area is 260 Å². The second-order valence-corrected chi connectivity index (χ2v) is 11.7. The van der Waals surface area contributed by atoms with Crippen molar-refractivity contribution in [1.82, 2.24) is 35.1 Å². The molecule has 0 spiro atoms. The molecule has 2 fully saturated rings. The lowest BCUT2D eigenvalue weighted by Crippen LogP contribution is -2.55. The number of nitrogens with zero attached hydrogens (tertiary/aromatic N) is 7. The van der Waals surface area contributed by atoms with Crippen LogP contribution in [0.1, 0.15) is 31.4 Å². The lowest BCUT2D eigenvalue weighted by molar-refractivity contribution is -0.0175. The van der Waals surface area contributed by atoms with Crippen molar-refractivity contribution < 1.29 is 18.3 Å². The number of ether oxygens (including phenoxy) is 1. The maximum Gasteiger partial charge on any atom is 0.289 e. The zero-order valence-electron chi connectivity index (χ0n) is 25.1. The number of morpholine rings is 1. The van der Waals surface area contributed by atoms with Crippen LogP contribution in [0.15, 0.2) is 24.8 Å². The number of likely N-dealkylation sites (N-methyl/N-ethyl adjacent to an activating group) is 1. The molecule has 0 radical (unpaired) electrons. The number of nitrogens with two attached hydrogens (primary N) is 1. The molecule has 2 aliphatic heterocycles. The van der Waals surface area contributed by atoms with E-state index < -0.39 is 17.5 Å². The van der Waals surface area contributed by atoms with Crippen molar-refractivity contribution in [2.24, 2.45) is 0 Å². The van der Waals surface area contributed by atoms with Gasteiger partial charge in [-0.25, -0.2) is 28.7 Å². The minimum atomic E-state index is -0.895. The summed E-state index contributed by atoms with van der Waals surface area (Å²) >= 11 is 6.09. The normalized spacial score (nSPS) is 21.3. The van der Waals surface area contributed by atoms with Crippen LogP contribution in [0.3, 0.4) is 0 Å². The molecular formula is C29H37ClF2N10O2. The van der Waals surface area contributed by atoms with Gasteiger partial charge in [0.25, 0.3) is 5.91 Å². The first-order valence-corrected chi connectivity index (χ1v) is 14.9. The van der Waals surface area contributed by atoms with E-state index in [9.17, 15) is 4.79 Å². The van der Waals surface area contributed by atoms with Gasteiger partial charge >= 0.3 is 0 Å². The maximum absolute atomic E-state index is 16.4. The van der Waals surface area contributed by atoms with Crippen molar-refractivity contribution in [2.75, 3.05) is 68.9 Å². The van der Waals surface area contributed by atoms with Crippen LogP contribution in [0, 0.1) is 11.6 Å². The smallest absolute Gasteiger partial charge is 0.289 e. The number of halogens is 3. The molecule has 1 amide bonds. The van der Waals surface area contributed by atoms with Gasteiger partial charge in [-0.1, -0.05) is 11.6 Å². The predicted octanol–water partition coefficient (Wildman–Crippen LogP) is 3.17. The number of carbonyl (C=O) groups excluding carboxylic acids is 1. The molecule has 0 aliphatic carbocycles. The van der Waals surface area contributed by atoms with E-state index >= 15 is 8.78 Å². The summed E-state index contributed by atoms with van der Waals surface area (Å²) in [5.41, 5.74) is 6.06. The van der Waals surface area contributed by atoms with Crippen molar-refractivity contribution in [3.8, 4) is 11.1 Å². The molecule has 15 heteroatoms. The summed E-state index contributed by atoms with van der Waals surface area (Å²) in [5, 5.41) is 5.72. The van der Waals surface area contributed by atoms with Gasteiger partial charge in [0.15, 0.2) is 16.8 Å². The number of benzene rings is 1. The predicted molar refractivity (Wildman–Crippen MR) is 165 cm³/mol. The first kappa shape index (κ1) is 31.7. The van der Waals surface area contributed by atoms with Crippen molar-refractivity contribution in [3.05, 3.63) is 47.4 Å². The quantitative estimate of drug-likeness (QED) is 0.317. The van der Waals surface area contributed by atoms with Crippen molar-refractivity contribution in [2.45, 2.75) is 39.0 Å². The molecule has 4 N–H and O–H groups in total. The Bertz CT molecular complexity index is 1490. The Morgan fingerprint density at radius 3 is 2.50 bits per heavy atom. The van der Waals surface area contributed by atoms with Gasteiger partial charge in [-0.15, -0.1) is 0 Å². The average molecular weight is 631 g/mol. The third kappa shape index (κ3) is 6.83. The molecule has 2 aliphatic rings. The van der Waals surface area contributed by atoms with E-state index in [1.165, 1.54) is 24.8 Å². The number of nitrogen functional groups attached to an aromatic ring is 1. The molecule has 236 valence electrons. The van der Waals surface area contributed by atoms with Gasteiger partial charge in [-0.2, -0.15) is 0 Å². The van der Waals surface area contributed by atoms with Crippen LogP contribution in [0.5, 0.6) is 0 Å². The summed E-state index contributed by atoms with van der Waals surface area (Å²) in [4.78, 5) is 35.2. The number of aromatic nitrogens is 4. The molecule has 1 aromatic carbocycles. The fraction of sp³-hybridized carbons (Fsp3) is 0.483. The number of carbonyl (C=O) groups is 1. The monoisotopic (exact) mass is 630 g/mol. The van der Waals surface area contributed by atoms with E-state index in [4.69, 9.17) is 22.1 Å². The van der Waals surface area contributed by atoms with Gasteiger partial charge < -0.3 is 26.0 Å². The number of piperazine rings is 1. The highest BCUT2D eigenvalue weighted by Gasteiger charge is 2.31. The molecule has 2 saturated heterocycles. The Morgan fingerprint density at radius 1 is 1.11 bits per heavy atom. The number of hydrogen-bond donors (Lipinski definition) is 3. The molecule has 2 aromatic heterocycles. The van der Waals surface area contributed by atoms with E-state index in [-0.39, 0.29) is 57.5 Å². The minimum Gasteiger partial charge on any atom is -0.393 e. The third-order valence-corrected chi connectivity index (χ3v) is 8.46. The summed E-state index contributed by atoms with van der Waals surface area (Å²) in [6, 6.07) is 1.53. The molecule has 0 bridgehead atoms. The van der Waals surface area contributed by atoms with Crippen LogP contribution >= 0.6 is 11.6 Å². The van der Waals surface area contributed by atoms with Crippen molar-refractivity contribution >= 4 is 40.4 Å². The summed E-state index contributed by atoms with van der Waals surface area (Å²) in [6.45, 7) is 10.5. The number of amides is 1. The summed E-state index contributed by atoms with van der Waals surface area (Å²) in [6.07, 6.45) is 3.80. The number of anilines is 4. The molecule has 44 heavy (non-hydrogen) atoms. The van der Waals surface area contributed by atoms with Gasteiger partial charge in [-0.3, -0.25) is 14.6 Å². The fourth-order valence-electron chi connectivity index (χ4n) is 5.51. The van der Waals surface area contributed by atoms with E-state index in [1.54, 1.807) is 0 Å². The van der Waals surface area contributed by atoms with Crippen LogP contribution in [0.25, 0.3) is 11.1 Å². The summed E-state index contributed by atoms with van der Waals surface area (Å²) in [5.74, 6) is -2.22. The van der Waals surface area contributed by atoms with E-state index in [2.05, 4.69) is 54.2 Å². The summed E-state index contributed by atoms with van der Waals surface area (Å²) in [7, 11) is 2.02. The van der Waals surface area contributed by atoms with Crippen LogP contribution in [-0.4, -0.2) is 107 Å². The second kappa shape index (κ2) is 13.5. The van der Waals surface area contributed by atoms with Gasteiger partial charge in [0.05, 0.1) is 24.0 Å². The number of rotatable bonds is 8. The molecule has 0 unspecified atom stereocenters. The van der Waals surface area contributed by atoms with Crippen LogP contribution in [0.4, 0.5) is 31.7 Å². The van der Waals surface area contributed by atoms with Gasteiger partial charge in [-0.05, 0) is 27.8 Å². The Balaban J connectivity index is 1.42. The SMILES string of the molecule is C[C@@H]1CN(c2cc(F)c(-c3cnc(C(=O)NCCN4CCO[C@@H](C)C4)nc3)c(F)c2Nc2ncnc(Cl)c2N)C[C@H](C)N1C. The summed E-state index contributed by atoms with van der Waals surface area (Å²) < 4.78 is 37.8. The molecule has 5 rings (SSSR count). The average Bonchev–Trinajstić information content (AvgIpc) is 2.99. The van der Waals surface area contributed by atoms with E-state index in [1.807, 2.05) is 18.9 Å². The highest BCUT2D eigenvalue weighted by atomic mass is 35.5. The van der Waals surface area contributed by atoms with Crippen LogP contribution in [0.2, 0.25) is 5.15 Å². The van der Waals surface area contributed by atoms with Crippen molar-refractivity contribution in [1.29, 1.82) is 0 Å². The minimum absolute atomic E-state index is 0.00426. The Morgan fingerprint density at radius 2 is 1.82 bits per heavy atom. The second-order valence-electron chi connectivity index (χ2n) is 11.3. The molecule has 4 heterocycles. The van der Waals surface area contributed by atoms with E-state index in [0.717, 1.165) is 13.1 Å². The zero-order chi connectivity index (χ0) is 31.5. The molecule has 12 nitrogen and oxygen atoms in total. The first-order chi connectivity index (χ1) is 21.0. The van der Waals surface area contributed by atoms with E-state index in [0.29, 0.717) is 38.5 Å². The lowest BCUT2D eigenvalue weighted by Gasteiger charge is -2.44. The van der Waals surface area contributed by atoms with Crippen LogP contribution in [-0.2, 0) is 4.74 Å². The van der Waals surface area contributed by atoms with Gasteiger partial charge in [0, 0.05) is 75.4 Å². The van der Waals surface area contributed by atoms with Gasteiger partial charge in [0.1, 0.15) is 23.5 Å². The Hall–Kier alpha value is -3.72. The molecular weight excluding hydrogens is 594 g/mol. The van der Waals surface area contributed by atoms with Crippen molar-refractivity contribution in [3.63, 3.8) is 0 Å². The van der Waals surface area contributed by atoms with Crippen LogP contribution < -0.4 is 21.3 Å². The van der Waals surface area contributed by atoms with Gasteiger partial charge in [0.2, 0.25) is 5.82 Å².